The van der Waals surface area contributed by atoms with E-state index in [1.165, 1.54) is 19.3 Å². The number of hydrogen-bond donors (Lipinski definition) is 2. The first-order chi connectivity index (χ1) is 12.1. The summed E-state index contributed by atoms with van der Waals surface area (Å²) in [7, 11) is 0. The molecule has 1 aliphatic heterocycles. The van der Waals surface area contributed by atoms with Gasteiger partial charge < -0.3 is 16.0 Å². The highest BCUT2D eigenvalue weighted by Gasteiger charge is 2.29. The van der Waals surface area contributed by atoms with Crippen LogP contribution in [-0.2, 0) is 6.54 Å². The van der Waals surface area contributed by atoms with Crippen molar-refractivity contribution in [1.82, 2.24) is 10.2 Å². The lowest BCUT2D eigenvalue weighted by Gasteiger charge is -2.24. The summed E-state index contributed by atoms with van der Waals surface area (Å²) in [4.78, 5) is 18.5. The number of primary amides is 1. The van der Waals surface area contributed by atoms with Crippen LogP contribution in [0.5, 0.6) is 0 Å². The normalized spacial score (nSPS) is 17.3. The summed E-state index contributed by atoms with van der Waals surface area (Å²) in [5, 5.41) is 3.41. The van der Waals surface area contributed by atoms with Crippen LogP contribution in [0.4, 0.5) is 0 Å². The summed E-state index contributed by atoms with van der Waals surface area (Å²) in [6.07, 6.45) is 3.75. The second-order valence-corrected chi connectivity index (χ2v) is 6.81. The third-order valence-electron chi connectivity index (χ3n) is 5.20. The van der Waals surface area contributed by atoms with Crippen LogP contribution in [0.1, 0.15) is 56.0 Å². The summed E-state index contributed by atoms with van der Waals surface area (Å²) < 4.78 is 0. The molecule has 0 aliphatic carbocycles. The minimum Gasteiger partial charge on any atom is -0.366 e. The number of halogens is 1. The molecule has 5 nitrogen and oxygen atoms in total. The first-order valence-corrected chi connectivity index (χ1v) is 9.50. The molecular weight excluding hydrogens is 439 g/mol. The number of nitrogens with one attached hydrogen (secondary N) is 1. The molecule has 0 bridgehead atoms. The molecule has 1 aliphatic rings. The average Bonchev–Trinajstić information content (AvgIpc) is 3.09. The molecule has 1 amide bonds. The maximum atomic E-state index is 11.3. The van der Waals surface area contributed by atoms with Crippen molar-refractivity contribution in [3.8, 4) is 0 Å². The molecule has 1 fully saturated rings. The lowest BCUT2D eigenvalue weighted by Crippen LogP contribution is -2.40. The Bertz CT molecular complexity index is 601. The van der Waals surface area contributed by atoms with E-state index in [1.54, 1.807) is 6.07 Å². The van der Waals surface area contributed by atoms with Crippen molar-refractivity contribution in [3.05, 3.63) is 35.4 Å². The van der Waals surface area contributed by atoms with Crippen LogP contribution in [0, 0.1) is 11.8 Å². The van der Waals surface area contributed by atoms with Gasteiger partial charge in [0.1, 0.15) is 0 Å². The van der Waals surface area contributed by atoms with Gasteiger partial charge in [-0.3, -0.25) is 4.79 Å². The van der Waals surface area contributed by atoms with E-state index in [1.807, 2.05) is 18.2 Å². The first-order valence-electron chi connectivity index (χ1n) is 9.50. The summed E-state index contributed by atoms with van der Waals surface area (Å²) in [6.45, 7) is 10.2. The van der Waals surface area contributed by atoms with Crippen molar-refractivity contribution in [2.75, 3.05) is 19.6 Å². The number of rotatable bonds is 7. The van der Waals surface area contributed by atoms with Gasteiger partial charge >= 0.3 is 0 Å². The van der Waals surface area contributed by atoms with E-state index in [4.69, 9.17) is 10.7 Å². The highest BCUT2D eigenvalue weighted by Crippen LogP contribution is 2.28. The number of benzene rings is 1. The van der Waals surface area contributed by atoms with Gasteiger partial charge in [0.25, 0.3) is 0 Å². The molecule has 3 N–H and O–H groups in total. The Morgan fingerprint density at radius 2 is 2.08 bits per heavy atom. The smallest absolute Gasteiger partial charge is 0.248 e. The topological polar surface area (TPSA) is 70.7 Å². The summed E-state index contributed by atoms with van der Waals surface area (Å²) >= 11 is 0. The van der Waals surface area contributed by atoms with Crippen molar-refractivity contribution in [2.45, 2.75) is 46.6 Å². The van der Waals surface area contributed by atoms with Crippen LogP contribution in [0.2, 0.25) is 0 Å². The van der Waals surface area contributed by atoms with Gasteiger partial charge in [0.2, 0.25) is 5.91 Å². The molecule has 1 saturated heterocycles. The average molecular weight is 472 g/mol. The monoisotopic (exact) mass is 472 g/mol. The number of nitrogens with zero attached hydrogens (tertiary/aromatic N) is 2. The van der Waals surface area contributed by atoms with Crippen molar-refractivity contribution in [2.24, 2.45) is 22.6 Å². The summed E-state index contributed by atoms with van der Waals surface area (Å²) in [5.74, 6) is 2.14. The van der Waals surface area contributed by atoms with E-state index in [9.17, 15) is 4.79 Å². The van der Waals surface area contributed by atoms with Crippen molar-refractivity contribution in [3.63, 3.8) is 0 Å². The number of nitrogens with two attached hydrogens (primary N) is 1. The van der Waals surface area contributed by atoms with E-state index in [0.717, 1.165) is 43.0 Å². The molecule has 0 spiro atoms. The van der Waals surface area contributed by atoms with Gasteiger partial charge in [-0.15, -0.1) is 24.0 Å². The van der Waals surface area contributed by atoms with Crippen LogP contribution in [0.3, 0.4) is 0 Å². The van der Waals surface area contributed by atoms with Gasteiger partial charge in [0.15, 0.2) is 5.96 Å². The molecule has 1 aromatic carbocycles. The summed E-state index contributed by atoms with van der Waals surface area (Å²) in [5.41, 5.74) is 6.90. The van der Waals surface area contributed by atoms with E-state index in [-0.39, 0.29) is 24.0 Å². The Kier molecular flexibility index (Phi) is 9.98. The number of amides is 1. The zero-order valence-corrected chi connectivity index (χ0v) is 18.5. The second kappa shape index (κ2) is 11.4. The Hall–Kier alpha value is -1.31. The van der Waals surface area contributed by atoms with Crippen LogP contribution in [0.25, 0.3) is 0 Å². The van der Waals surface area contributed by atoms with Crippen molar-refractivity contribution < 1.29 is 4.79 Å². The van der Waals surface area contributed by atoms with Crippen molar-refractivity contribution >= 4 is 35.8 Å². The van der Waals surface area contributed by atoms with E-state index in [0.29, 0.717) is 12.1 Å². The first kappa shape index (κ1) is 22.7. The zero-order valence-electron chi connectivity index (χ0n) is 16.2. The van der Waals surface area contributed by atoms with Crippen LogP contribution in [0.15, 0.2) is 29.3 Å². The standard InChI is InChI=1S/C20H32N4O.HI/c1-4-16(5-2)18-10-11-24(14-18)20(22-6-3)23-13-15-8-7-9-17(12-15)19(21)25;/h7-9,12,16,18H,4-6,10-11,13-14H2,1-3H3,(H2,21,25)(H,22,23);1H. The second-order valence-electron chi connectivity index (χ2n) is 6.81. The third-order valence-corrected chi connectivity index (χ3v) is 5.20. The number of guanidine groups is 1. The van der Waals surface area contributed by atoms with Crippen LogP contribution >= 0.6 is 24.0 Å². The lowest BCUT2D eigenvalue weighted by atomic mass is 9.87. The fourth-order valence-corrected chi connectivity index (χ4v) is 3.73. The molecule has 1 heterocycles. The molecule has 0 radical (unpaired) electrons. The Morgan fingerprint density at radius 3 is 2.69 bits per heavy atom. The molecule has 1 atom stereocenters. The third kappa shape index (κ3) is 6.14. The molecule has 6 heteroatoms. The van der Waals surface area contributed by atoms with Gasteiger partial charge in [-0.05, 0) is 42.9 Å². The van der Waals surface area contributed by atoms with Gasteiger partial charge in [-0.1, -0.05) is 38.8 Å². The Balaban J connectivity index is 0.00000338. The molecular formula is C20H33IN4O. The highest BCUT2D eigenvalue weighted by molar-refractivity contribution is 14.0. The minimum absolute atomic E-state index is 0. The van der Waals surface area contributed by atoms with E-state index >= 15 is 0 Å². The number of likely N-dealkylation sites (tertiary alicyclic amines) is 1. The van der Waals surface area contributed by atoms with E-state index in [2.05, 4.69) is 31.0 Å². The summed E-state index contributed by atoms with van der Waals surface area (Å²) in [6, 6.07) is 7.40. The lowest BCUT2D eigenvalue weighted by molar-refractivity contribution is 0.1000. The SMILES string of the molecule is CCNC(=NCc1cccc(C(N)=O)c1)N1CCC(C(CC)CC)C1.I. The molecule has 1 unspecified atom stereocenters. The maximum absolute atomic E-state index is 11.3. The Morgan fingerprint density at radius 1 is 1.35 bits per heavy atom. The number of hydrogen-bond acceptors (Lipinski definition) is 2. The van der Waals surface area contributed by atoms with Crippen LogP contribution in [-0.4, -0.2) is 36.4 Å². The fourth-order valence-electron chi connectivity index (χ4n) is 3.73. The van der Waals surface area contributed by atoms with Crippen LogP contribution < -0.4 is 11.1 Å². The largest absolute Gasteiger partial charge is 0.366 e. The zero-order chi connectivity index (χ0) is 18.2. The van der Waals surface area contributed by atoms with Crippen molar-refractivity contribution in [1.29, 1.82) is 0 Å². The predicted octanol–water partition coefficient (Wildman–Crippen LogP) is 3.63. The van der Waals surface area contributed by atoms with Gasteiger partial charge in [0, 0.05) is 25.2 Å². The molecule has 0 aromatic heterocycles. The van der Waals surface area contributed by atoms with Gasteiger partial charge in [-0.25, -0.2) is 4.99 Å². The predicted molar refractivity (Wildman–Crippen MR) is 119 cm³/mol. The van der Waals surface area contributed by atoms with Gasteiger partial charge in [0.05, 0.1) is 6.54 Å². The molecule has 146 valence electrons. The fraction of sp³-hybridized carbons (Fsp3) is 0.600. The molecule has 1 aromatic rings. The number of carbonyl (C=O) groups excluding carboxylic acids is 1. The Labute approximate surface area is 174 Å². The highest BCUT2D eigenvalue weighted by atomic mass is 127. The van der Waals surface area contributed by atoms with E-state index < -0.39 is 5.91 Å². The molecule has 26 heavy (non-hydrogen) atoms. The number of carbonyl (C=O) groups is 1. The molecule has 0 saturated carbocycles. The van der Waals surface area contributed by atoms with Gasteiger partial charge in [-0.2, -0.15) is 0 Å². The number of aliphatic imine (C=N–C) groups is 1. The quantitative estimate of drug-likeness (QED) is 0.362. The minimum atomic E-state index is -0.398. The maximum Gasteiger partial charge on any atom is 0.248 e. The molecule has 2 rings (SSSR count).